The van der Waals surface area contributed by atoms with Crippen molar-refractivity contribution in [3.63, 3.8) is 0 Å². The van der Waals surface area contributed by atoms with Gasteiger partial charge in [0.25, 0.3) is 0 Å². The SMILES string of the molecule is Cc1nn(C)c(C)c1CNc1ccc(C(=O)O)c(Cl)c1. The normalized spacial score (nSPS) is 10.6. The van der Waals surface area contributed by atoms with Gasteiger partial charge in [0, 0.05) is 30.5 Å². The van der Waals surface area contributed by atoms with Crippen LogP contribution in [0, 0.1) is 13.8 Å². The monoisotopic (exact) mass is 293 g/mol. The summed E-state index contributed by atoms with van der Waals surface area (Å²) in [5.74, 6) is -1.03. The largest absolute Gasteiger partial charge is 0.478 e. The quantitative estimate of drug-likeness (QED) is 0.909. The lowest BCUT2D eigenvalue weighted by Gasteiger charge is -2.08. The summed E-state index contributed by atoms with van der Waals surface area (Å²) in [6, 6.07) is 4.82. The van der Waals surface area contributed by atoms with Crippen LogP contribution in [0.1, 0.15) is 27.3 Å². The molecule has 0 aliphatic rings. The van der Waals surface area contributed by atoms with Crippen molar-refractivity contribution >= 4 is 23.3 Å². The fourth-order valence-corrected chi connectivity index (χ4v) is 2.32. The van der Waals surface area contributed by atoms with Crippen LogP contribution in [0.4, 0.5) is 5.69 Å². The molecule has 0 unspecified atom stereocenters. The number of nitrogens with zero attached hydrogens (tertiary/aromatic N) is 2. The Bertz CT molecular complexity index is 665. The highest BCUT2D eigenvalue weighted by Gasteiger charge is 2.11. The van der Waals surface area contributed by atoms with E-state index in [0.717, 1.165) is 22.6 Å². The van der Waals surface area contributed by atoms with Gasteiger partial charge in [-0.1, -0.05) is 11.6 Å². The fraction of sp³-hybridized carbons (Fsp3) is 0.286. The van der Waals surface area contributed by atoms with Gasteiger partial charge in [-0.3, -0.25) is 4.68 Å². The van der Waals surface area contributed by atoms with Crippen LogP contribution in [0.5, 0.6) is 0 Å². The molecule has 0 saturated carbocycles. The number of carboxylic acids is 1. The Morgan fingerprint density at radius 2 is 2.15 bits per heavy atom. The van der Waals surface area contributed by atoms with Crippen LogP contribution in [0.15, 0.2) is 18.2 Å². The van der Waals surface area contributed by atoms with Crippen molar-refractivity contribution in [1.82, 2.24) is 9.78 Å². The smallest absolute Gasteiger partial charge is 0.337 e. The van der Waals surface area contributed by atoms with Crippen molar-refractivity contribution in [1.29, 1.82) is 0 Å². The molecule has 0 fully saturated rings. The van der Waals surface area contributed by atoms with Crippen LogP contribution in [-0.2, 0) is 13.6 Å². The number of nitrogens with one attached hydrogen (secondary N) is 1. The summed E-state index contributed by atoms with van der Waals surface area (Å²) in [5, 5.41) is 16.7. The van der Waals surface area contributed by atoms with Crippen molar-refractivity contribution in [3.8, 4) is 0 Å². The predicted molar refractivity (Wildman–Crippen MR) is 78.4 cm³/mol. The number of halogens is 1. The van der Waals surface area contributed by atoms with Crippen LogP contribution in [0.2, 0.25) is 5.02 Å². The molecule has 2 N–H and O–H groups in total. The number of carbonyl (C=O) groups is 1. The molecule has 20 heavy (non-hydrogen) atoms. The molecule has 0 amide bonds. The van der Waals surface area contributed by atoms with Gasteiger partial charge >= 0.3 is 5.97 Å². The highest BCUT2D eigenvalue weighted by molar-refractivity contribution is 6.33. The number of rotatable bonds is 4. The predicted octanol–water partition coefficient (Wildman–Crippen LogP) is 3.00. The second kappa shape index (κ2) is 5.54. The number of hydrogen-bond donors (Lipinski definition) is 2. The number of aryl methyl sites for hydroxylation is 2. The van der Waals surface area contributed by atoms with Crippen molar-refractivity contribution < 1.29 is 9.90 Å². The van der Waals surface area contributed by atoms with Gasteiger partial charge in [0.2, 0.25) is 0 Å². The molecule has 0 saturated heterocycles. The van der Waals surface area contributed by atoms with Crippen LogP contribution >= 0.6 is 11.6 Å². The van der Waals surface area contributed by atoms with Crippen molar-refractivity contribution in [2.45, 2.75) is 20.4 Å². The Hall–Kier alpha value is -2.01. The van der Waals surface area contributed by atoms with E-state index in [0.29, 0.717) is 6.54 Å². The Labute approximate surface area is 122 Å². The second-order valence-electron chi connectivity index (χ2n) is 4.63. The van der Waals surface area contributed by atoms with E-state index in [1.54, 1.807) is 12.1 Å². The maximum atomic E-state index is 10.9. The van der Waals surface area contributed by atoms with E-state index >= 15 is 0 Å². The summed E-state index contributed by atoms with van der Waals surface area (Å²) in [6.07, 6.45) is 0. The third kappa shape index (κ3) is 2.77. The van der Waals surface area contributed by atoms with Crippen LogP contribution in [-0.4, -0.2) is 20.9 Å². The maximum absolute atomic E-state index is 10.9. The average molecular weight is 294 g/mol. The zero-order chi connectivity index (χ0) is 14.9. The lowest BCUT2D eigenvalue weighted by atomic mass is 10.1. The van der Waals surface area contributed by atoms with Crippen molar-refractivity contribution in [3.05, 3.63) is 45.7 Å². The third-order valence-corrected chi connectivity index (χ3v) is 3.64. The highest BCUT2D eigenvalue weighted by Crippen LogP contribution is 2.22. The Morgan fingerprint density at radius 3 is 2.65 bits per heavy atom. The molecule has 1 heterocycles. The van der Waals surface area contributed by atoms with E-state index in [1.165, 1.54) is 6.07 Å². The van der Waals surface area contributed by atoms with Gasteiger partial charge in [-0.15, -0.1) is 0 Å². The average Bonchev–Trinajstić information content (AvgIpc) is 2.61. The molecule has 0 aliphatic heterocycles. The molecule has 0 radical (unpaired) electrons. The first-order valence-electron chi connectivity index (χ1n) is 6.16. The summed E-state index contributed by atoms with van der Waals surface area (Å²) >= 11 is 5.94. The molecular formula is C14H16ClN3O2. The van der Waals surface area contributed by atoms with E-state index in [2.05, 4.69) is 10.4 Å². The summed E-state index contributed by atoms with van der Waals surface area (Å²) in [5.41, 5.74) is 4.09. The van der Waals surface area contributed by atoms with E-state index < -0.39 is 5.97 Å². The maximum Gasteiger partial charge on any atom is 0.337 e. The fourth-order valence-electron chi connectivity index (χ4n) is 2.06. The van der Waals surface area contributed by atoms with Crippen molar-refractivity contribution in [2.75, 3.05) is 5.32 Å². The number of aromatic carboxylic acids is 1. The molecule has 1 aromatic heterocycles. The topological polar surface area (TPSA) is 67.2 Å². The number of carboxylic acid groups (broad SMARTS) is 1. The second-order valence-corrected chi connectivity index (χ2v) is 5.03. The summed E-state index contributed by atoms with van der Waals surface area (Å²) < 4.78 is 1.84. The van der Waals surface area contributed by atoms with Gasteiger partial charge < -0.3 is 10.4 Å². The number of hydrogen-bond acceptors (Lipinski definition) is 3. The van der Waals surface area contributed by atoms with Gasteiger partial charge in [0.05, 0.1) is 16.3 Å². The Balaban J connectivity index is 2.15. The molecule has 0 bridgehead atoms. The molecule has 0 aliphatic carbocycles. The van der Waals surface area contributed by atoms with Crippen molar-refractivity contribution in [2.24, 2.45) is 7.05 Å². The molecule has 106 valence electrons. The van der Waals surface area contributed by atoms with E-state index in [4.69, 9.17) is 16.7 Å². The zero-order valence-corrected chi connectivity index (χ0v) is 12.3. The molecule has 6 heteroatoms. The molecule has 1 aromatic carbocycles. The lowest BCUT2D eigenvalue weighted by Crippen LogP contribution is -2.03. The highest BCUT2D eigenvalue weighted by atomic mass is 35.5. The van der Waals surface area contributed by atoms with E-state index in [-0.39, 0.29) is 10.6 Å². The molecular weight excluding hydrogens is 278 g/mol. The van der Waals surface area contributed by atoms with Crippen LogP contribution in [0.3, 0.4) is 0 Å². The minimum absolute atomic E-state index is 0.103. The number of anilines is 1. The Morgan fingerprint density at radius 1 is 1.45 bits per heavy atom. The standard InChI is InChI=1S/C14H16ClN3O2/c1-8-12(9(2)18(3)17-8)7-16-10-4-5-11(14(19)20)13(15)6-10/h4-6,16H,7H2,1-3H3,(H,19,20). The van der Waals surface area contributed by atoms with Gasteiger partial charge in [-0.2, -0.15) is 5.10 Å². The number of aromatic nitrogens is 2. The molecule has 2 aromatic rings. The van der Waals surface area contributed by atoms with Gasteiger partial charge in [0.15, 0.2) is 0 Å². The lowest BCUT2D eigenvalue weighted by molar-refractivity contribution is 0.0697. The first-order chi connectivity index (χ1) is 9.40. The molecule has 0 spiro atoms. The summed E-state index contributed by atoms with van der Waals surface area (Å²) in [7, 11) is 1.91. The first-order valence-corrected chi connectivity index (χ1v) is 6.53. The summed E-state index contributed by atoms with van der Waals surface area (Å²) in [4.78, 5) is 10.9. The Kier molecular flexibility index (Phi) is 3.99. The zero-order valence-electron chi connectivity index (χ0n) is 11.6. The van der Waals surface area contributed by atoms with Gasteiger partial charge in [-0.05, 0) is 32.0 Å². The minimum Gasteiger partial charge on any atom is -0.478 e. The first kappa shape index (κ1) is 14.4. The van der Waals surface area contributed by atoms with Gasteiger partial charge in [0.1, 0.15) is 0 Å². The number of benzene rings is 1. The van der Waals surface area contributed by atoms with E-state index in [9.17, 15) is 4.79 Å². The molecule has 0 atom stereocenters. The van der Waals surface area contributed by atoms with Crippen LogP contribution < -0.4 is 5.32 Å². The third-order valence-electron chi connectivity index (χ3n) is 3.33. The van der Waals surface area contributed by atoms with E-state index in [1.807, 2.05) is 25.6 Å². The molecule has 2 rings (SSSR count). The summed E-state index contributed by atoms with van der Waals surface area (Å²) in [6.45, 7) is 4.59. The van der Waals surface area contributed by atoms with Crippen LogP contribution in [0.25, 0.3) is 0 Å². The van der Waals surface area contributed by atoms with Gasteiger partial charge in [-0.25, -0.2) is 4.79 Å². The molecule has 5 nitrogen and oxygen atoms in total. The minimum atomic E-state index is -1.03.